The quantitative estimate of drug-likeness (QED) is 0.433. The maximum Gasteiger partial charge on any atom is 0.313 e. The molecule has 0 fully saturated rings. The summed E-state index contributed by atoms with van der Waals surface area (Å²) in [5.41, 5.74) is -2.92. The molecule has 150 valence electrons. The van der Waals surface area contributed by atoms with Crippen LogP contribution in [0.25, 0.3) is 0 Å². The van der Waals surface area contributed by atoms with Gasteiger partial charge in [-0.25, -0.2) is 0 Å². The molecule has 0 heterocycles. The van der Waals surface area contributed by atoms with Gasteiger partial charge in [-0.05, 0) is 67.2 Å². The van der Waals surface area contributed by atoms with Crippen LogP contribution in [0.15, 0.2) is 0 Å². The second kappa shape index (κ2) is 8.93. The van der Waals surface area contributed by atoms with Gasteiger partial charge in [0.15, 0.2) is 11.2 Å². The van der Waals surface area contributed by atoms with E-state index in [0.29, 0.717) is 25.7 Å². The van der Waals surface area contributed by atoms with E-state index in [2.05, 4.69) is 11.8 Å². The van der Waals surface area contributed by atoms with Gasteiger partial charge in [0, 0.05) is 0 Å². The summed E-state index contributed by atoms with van der Waals surface area (Å²) in [5, 5.41) is 0. The van der Waals surface area contributed by atoms with Crippen LogP contribution in [0.3, 0.4) is 0 Å². The van der Waals surface area contributed by atoms with E-state index in [0.717, 1.165) is 0 Å². The highest BCUT2D eigenvalue weighted by molar-refractivity contribution is 5.77. The Bertz CT molecular complexity index is 516. The minimum absolute atomic E-state index is 0.263. The fraction of sp³-hybridized carbons (Fsp3) is 0.818. The number of hydrogen-bond donors (Lipinski definition) is 0. The summed E-state index contributed by atoms with van der Waals surface area (Å²) in [7, 11) is 0. The zero-order chi connectivity index (χ0) is 20.8. The molecule has 26 heavy (non-hydrogen) atoms. The van der Waals surface area contributed by atoms with E-state index >= 15 is 0 Å². The summed E-state index contributed by atoms with van der Waals surface area (Å²) >= 11 is 0. The molecule has 2 atom stereocenters. The standard InChI is InChI=1S/C22H38O4/c1-11-19(5,6)17(23)25-21(9,13-3)15-16-22(10,14-4)26-18(24)20(7,8)12-2/h11-14H2,1-10H3. The highest BCUT2D eigenvalue weighted by Gasteiger charge is 2.36. The first-order valence-corrected chi connectivity index (χ1v) is 9.72. The summed E-state index contributed by atoms with van der Waals surface area (Å²) in [6.45, 7) is 18.8. The summed E-state index contributed by atoms with van der Waals surface area (Å²) < 4.78 is 11.4. The molecular weight excluding hydrogens is 328 g/mol. The Morgan fingerprint density at radius 3 is 1.08 bits per heavy atom. The third-order valence-corrected chi connectivity index (χ3v) is 5.45. The van der Waals surface area contributed by atoms with E-state index in [1.54, 1.807) is 13.8 Å². The van der Waals surface area contributed by atoms with Crippen LogP contribution < -0.4 is 0 Å². The highest BCUT2D eigenvalue weighted by Crippen LogP contribution is 2.28. The van der Waals surface area contributed by atoms with Crippen molar-refractivity contribution in [2.45, 2.75) is 106 Å². The van der Waals surface area contributed by atoms with Gasteiger partial charge in [-0.3, -0.25) is 9.59 Å². The zero-order valence-electron chi connectivity index (χ0n) is 18.5. The topological polar surface area (TPSA) is 52.6 Å². The van der Waals surface area contributed by atoms with E-state index in [-0.39, 0.29) is 11.9 Å². The van der Waals surface area contributed by atoms with Gasteiger partial charge in [0.1, 0.15) is 0 Å². The fourth-order valence-electron chi connectivity index (χ4n) is 1.61. The lowest BCUT2D eigenvalue weighted by Crippen LogP contribution is -2.38. The summed E-state index contributed by atoms with van der Waals surface area (Å²) in [6, 6.07) is 0. The third kappa shape index (κ3) is 6.67. The van der Waals surface area contributed by atoms with Gasteiger partial charge >= 0.3 is 11.9 Å². The van der Waals surface area contributed by atoms with Crippen molar-refractivity contribution in [2.24, 2.45) is 10.8 Å². The van der Waals surface area contributed by atoms with E-state index in [1.807, 2.05) is 55.4 Å². The minimum Gasteiger partial charge on any atom is -0.446 e. The molecular formula is C22H38O4. The van der Waals surface area contributed by atoms with Crippen molar-refractivity contribution in [1.29, 1.82) is 0 Å². The Balaban J connectivity index is 5.50. The molecule has 0 aromatic carbocycles. The second-order valence-corrected chi connectivity index (χ2v) is 8.67. The van der Waals surface area contributed by atoms with Crippen molar-refractivity contribution in [3.63, 3.8) is 0 Å². The van der Waals surface area contributed by atoms with E-state index in [9.17, 15) is 9.59 Å². The maximum absolute atomic E-state index is 12.4. The average Bonchev–Trinajstić information content (AvgIpc) is 2.59. The van der Waals surface area contributed by atoms with Gasteiger partial charge in [-0.15, -0.1) is 0 Å². The summed E-state index contributed by atoms with van der Waals surface area (Å²) in [6.07, 6.45) is 2.49. The van der Waals surface area contributed by atoms with E-state index < -0.39 is 22.0 Å². The van der Waals surface area contributed by atoms with Gasteiger partial charge in [0.2, 0.25) is 0 Å². The molecule has 0 saturated heterocycles. The molecule has 4 nitrogen and oxygen atoms in total. The van der Waals surface area contributed by atoms with Crippen LogP contribution in [0.2, 0.25) is 0 Å². The normalized spacial score (nSPS) is 16.5. The molecule has 0 radical (unpaired) electrons. The first kappa shape index (κ1) is 24.5. The number of rotatable bonds is 8. The summed E-state index contributed by atoms with van der Waals surface area (Å²) in [4.78, 5) is 24.9. The molecule has 0 bridgehead atoms. The van der Waals surface area contributed by atoms with Crippen LogP contribution in [0.4, 0.5) is 0 Å². The number of esters is 2. The van der Waals surface area contributed by atoms with Crippen molar-refractivity contribution < 1.29 is 19.1 Å². The molecule has 0 aromatic heterocycles. The first-order chi connectivity index (χ1) is 11.7. The Kier molecular flexibility index (Phi) is 8.41. The molecule has 0 amide bonds. The lowest BCUT2D eigenvalue weighted by atomic mass is 9.89. The van der Waals surface area contributed by atoms with Crippen LogP contribution in [-0.2, 0) is 19.1 Å². The molecule has 0 aliphatic rings. The van der Waals surface area contributed by atoms with Crippen LogP contribution in [-0.4, -0.2) is 23.1 Å². The first-order valence-electron chi connectivity index (χ1n) is 9.72. The molecule has 0 aromatic rings. The average molecular weight is 367 g/mol. The smallest absolute Gasteiger partial charge is 0.313 e. The third-order valence-electron chi connectivity index (χ3n) is 5.45. The van der Waals surface area contributed by atoms with Crippen molar-refractivity contribution in [2.75, 3.05) is 0 Å². The molecule has 4 heteroatoms. The Labute approximate surface area is 160 Å². The van der Waals surface area contributed by atoms with Gasteiger partial charge in [0.25, 0.3) is 0 Å². The predicted octanol–water partition coefficient (Wildman–Crippen LogP) is 5.29. The van der Waals surface area contributed by atoms with Crippen molar-refractivity contribution in [3.05, 3.63) is 0 Å². The largest absolute Gasteiger partial charge is 0.446 e. The van der Waals surface area contributed by atoms with Crippen molar-refractivity contribution >= 4 is 11.9 Å². The lowest BCUT2D eigenvalue weighted by molar-refractivity contribution is -0.166. The molecule has 0 aliphatic carbocycles. The fourth-order valence-corrected chi connectivity index (χ4v) is 1.61. The number of hydrogen-bond acceptors (Lipinski definition) is 4. The van der Waals surface area contributed by atoms with Crippen LogP contribution in [0.1, 0.15) is 94.9 Å². The molecule has 2 unspecified atom stereocenters. The molecule has 0 rings (SSSR count). The zero-order valence-corrected chi connectivity index (χ0v) is 18.5. The van der Waals surface area contributed by atoms with E-state index in [1.165, 1.54) is 0 Å². The Hall–Kier alpha value is -1.50. The number of ether oxygens (including phenoxy) is 2. The van der Waals surface area contributed by atoms with Crippen LogP contribution in [0.5, 0.6) is 0 Å². The monoisotopic (exact) mass is 366 g/mol. The second-order valence-electron chi connectivity index (χ2n) is 8.67. The van der Waals surface area contributed by atoms with Gasteiger partial charge in [0.05, 0.1) is 10.8 Å². The van der Waals surface area contributed by atoms with Gasteiger partial charge in [-0.1, -0.05) is 39.5 Å². The molecule has 0 N–H and O–H groups in total. The SMILES string of the molecule is CCC(C)(C#CC(C)(CC)OC(=O)C(C)(C)CC)OC(=O)C(C)(C)CC. The summed E-state index contributed by atoms with van der Waals surface area (Å²) in [5.74, 6) is 5.61. The van der Waals surface area contributed by atoms with Crippen molar-refractivity contribution in [3.8, 4) is 11.8 Å². The predicted molar refractivity (Wildman–Crippen MR) is 105 cm³/mol. The highest BCUT2D eigenvalue weighted by atomic mass is 16.6. The molecule has 0 aliphatic heterocycles. The molecule has 0 spiro atoms. The van der Waals surface area contributed by atoms with E-state index in [4.69, 9.17) is 9.47 Å². The van der Waals surface area contributed by atoms with Crippen molar-refractivity contribution in [1.82, 2.24) is 0 Å². The Morgan fingerprint density at radius 2 is 0.885 bits per heavy atom. The molecule has 0 saturated carbocycles. The number of carbonyl (C=O) groups excluding carboxylic acids is 2. The lowest BCUT2D eigenvalue weighted by Gasteiger charge is -2.31. The number of carbonyl (C=O) groups is 2. The minimum atomic E-state index is -0.910. The maximum atomic E-state index is 12.4. The van der Waals surface area contributed by atoms with Gasteiger partial charge < -0.3 is 9.47 Å². The van der Waals surface area contributed by atoms with Crippen LogP contribution in [0, 0.1) is 22.7 Å². The Morgan fingerprint density at radius 1 is 0.615 bits per heavy atom. The van der Waals surface area contributed by atoms with Crippen LogP contribution >= 0.6 is 0 Å². The van der Waals surface area contributed by atoms with Gasteiger partial charge in [-0.2, -0.15) is 0 Å².